The van der Waals surface area contributed by atoms with Gasteiger partial charge >= 0.3 is 5.97 Å². The number of hydrogen-bond acceptors (Lipinski definition) is 7. The lowest BCUT2D eigenvalue weighted by Crippen LogP contribution is -2.65. The average Bonchev–Trinajstić information content (AvgIpc) is 3.00. The molecular weight excluding hydrogens is 620 g/mol. The number of carbonyl (C=O) groups is 1. The Morgan fingerprint density at radius 2 is 1.06 bits per heavy atom. The van der Waals surface area contributed by atoms with Gasteiger partial charge in [0.05, 0.1) is 63.0 Å². The van der Waals surface area contributed by atoms with Crippen LogP contribution in [0.4, 0.5) is 0 Å². The van der Waals surface area contributed by atoms with Crippen molar-refractivity contribution in [3.63, 3.8) is 0 Å². The Kier molecular flexibility index (Phi) is 11.8. The van der Waals surface area contributed by atoms with E-state index in [0.29, 0.717) is 23.9 Å². The molecule has 0 spiro atoms. The standard InChI is InChI=1S/C41H68O8/c1-5-8-11-36(26-44-27-36)14-17-47-34(32(4)35(42)43)39-20-33-21-40(23-39,48-18-15-37(12-9-6-2)28-45-29-37)25-41(22-33,24-39)49-19-16-38(13-10-7-3)30-46-31-38/h33H,5-31H2,1-4H3,(H,42,43). The Morgan fingerprint density at radius 1 is 0.633 bits per heavy atom. The lowest BCUT2D eigenvalue weighted by Gasteiger charge is -2.66. The summed E-state index contributed by atoms with van der Waals surface area (Å²) in [4.78, 5) is 12.7. The second-order valence-corrected chi connectivity index (χ2v) is 18.0. The van der Waals surface area contributed by atoms with Gasteiger partial charge in [-0.2, -0.15) is 0 Å². The molecule has 1 N–H and O–H groups in total. The molecule has 4 saturated carbocycles. The van der Waals surface area contributed by atoms with Gasteiger partial charge in [-0.15, -0.1) is 0 Å². The fourth-order valence-electron chi connectivity index (χ4n) is 11.0. The van der Waals surface area contributed by atoms with Gasteiger partial charge in [0, 0.05) is 41.3 Å². The Balaban J connectivity index is 1.23. The Bertz CT molecular complexity index is 1100. The first kappa shape index (κ1) is 37.6. The van der Waals surface area contributed by atoms with Crippen LogP contribution in [0.15, 0.2) is 11.3 Å². The van der Waals surface area contributed by atoms with Gasteiger partial charge in [-0.25, -0.2) is 4.79 Å². The highest BCUT2D eigenvalue weighted by Gasteiger charge is 2.67. The van der Waals surface area contributed by atoms with Crippen molar-refractivity contribution < 1.29 is 38.3 Å². The van der Waals surface area contributed by atoms with Gasteiger partial charge in [-0.3, -0.25) is 0 Å². The summed E-state index contributed by atoms with van der Waals surface area (Å²) in [7, 11) is 0. The minimum Gasteiger partial charge on any atom is -0.497 e. The smallest absolute Gasteiger partial charge is 0.334 e. The highest BCUT2D eigenvalue weighted by molar-refractivity contribution is 5.86. The first-order chi connectivity index (χ1) is 23.6. The van der Waals surface area contributed by atoms with Gasteiger partial charge in [-0.05, 0) is 83.5 Å². The minimum atomic E-state index is -0.881. The van der Waals surface area contributed by atoms with Gasteiger partial charge < -0.3 is 33.5 Å². The summed E-state index contributed by atoms with van der Waals surface area (Å²) in [6, 6.07) is 0. The number of aliphatic carboxylic acids is 1. The predicted octanol–water partition coefficient (Wildman–Crippen LogP) is 8.65. The van der Waals surface area contributed by atoms with Gasteiger partial charge in [0.1, 0.15) is 5.76 Å². The van der Waals surface area contributed by atoms with E-state index in [4.69, 9.17) is 28.4 Å². The van der Waals surface area contributed by atoms with Crippen molar-refractivity contribution in [3.05, 3.63) is 11.3 Å². The third-order valence-corrected chi connectivity index (χ3v) is 13.7. The Labute approximate surface area is 296 Å². The fraction of sp³-hybridized carbons (Fsp3) is 0.927. The van der Waals surface area contributed by atoms with Crippen LogP contribution in [0.2, 0.25) is 0 Å². The van der Waals surface area contributed by atoms with Crippen LogP contribution < -0.4 is 0 Å². The molecular formula is C41H68O8. The molecule has 0 aromatic heterocycles. The summed E-state index contributed by atoms with van der Waals surface area (Å²) in [5.74, 6) is 0.248. The maximum absolute atomic E-state index is 12.7. The zero-order chi connectivity index (χ0) is 34.6. The predicted molar refractivity (Wildman–Crippen MR) is 189 cm³/mol. The molecule has 7 aliphatic rings. The third kappa shape index (κ3) is 8.09. The van der Waals surface area contributed by atoms with Crippen molar-refractivity contribution in [1.29, 1.82) is 0 Å². The van der Waals surface area contributed by atoms with Gasteiger partial charge in [-0.1, -0.05) is 59.3 Å². The van der Waals surface area contributed by atoms with Crippen LogP contribution in [0.5, 0.6) is 0 Å². The normalized spacial score (nSPS) is 33.7. The van der Waals surface area contributed by atoms with E-state index >= 15 is 0 Å². The van der Waals surface area contributed by atoms with Crippen LogP contribution in [0, 0.1) is 27.6 Å². The summed E-state index contributed by atoms with van der Waals surface area (Å²) < 4.78 is 38.3. The first-order valence-electron chi connectivity index (χ1n) is 20.2. The van der Waals surface area contributed by atoms with Crippen LogP contribution in [-0.4, -0.2) is 81.7 Å². The number of rotatable bonds is 23. The molecule has 3 heterocycles. The lowest BCUT2D eigenvalue weighted by atomic mass is 9.45. The van der Waals surface area contributed by atoms with E-state index in [9.17, 15) is 9.90 Å². The molecule has 7 fully saturated rings. The monoisotopic (exact) mass is 688 g/mol. The SMILES string of the molecule is CCCCC1(CCOC(=C(C)C(=O)O)C23CC4CC(OCCC5(CCCC)COC5)(CC(OCCC5(CCCC)COC5)(C4)C2)C3)COC1. The van der Waals surface area contributed by atoms with Gasteiger partial charge in [0.2, 0.25) is 0 Å². The maximum atomic E-state index is 12.7. The number of carboxylic acids is 1. The number of hydrogen-bond donors (Lipinski definition) is 1. The van der Waals surface area contributed by atoms with E-state index in [1.54, 1.807) is 6.92 Å². The van der Waals surface area contributed by atoms with Crippen LogP contribution in [-0.2, 0) is 33.2 Å². The molecule has 2 unspecified atom stereocenters. The molecule has 0 radical (unpaired) electrons. The largest absolute Gasteiger partial charge is 0.497 e. The highest BCUT2D eigenvalue weighted by Crippen LogP contribution is 2.68. The number of ether oxygens (including phenoxy) is 6. The van der Waals surface area contributed by atoms with Crippen LogP contribution in [0.3, 0.4) is 0 Å². The van der Waals surface area contributed by atoms with Crippen molar-refractivity contribution in [2.75, 3.05) is 59.5 Å². The zero-order valence-corrected chi connectivity index (χ0v) is 31.5. The summed E-state index contributed by atoms with van der Waals surface area (Å²) >= 11 is 0. The molecule has 7 rings (SSSR count). The van der Waals surface area contributed by atoms with E-state index in [0.717, 1.165) is 117 Å². The van der Waals surface area contributed by atoms with Gasteiger partial charge in [0.25, 0.3) is 0 Å². The number of unbranched alkanes of at least 4 members (excludes halogenated alkanes) is 3. The third-order valence-electron chi connectivity index (χ3n) is 13.7. The summed E-state index contributed by atoms with van der Waals surface area (Å²) in [5, 5.41) is 10.4. The molecule has 280 valence electrons. The maximum Gasteiger partial charge on any atom is 0.334 e. The molecule has 8 heteroatoms. The average molecular weight is 689 g/mol. The zero-order valence-electron chi connectivity index (χ0n) is 31.5. The van der Waals surface area contributed by atoms with Crippen LogP contribution in [0.1, 0.15) is 143 Å². The minimum absolute atomic E-state index is 0.159. The summed E-state index contributed by atoms with van der Waals surface area (Å²) in [6.45, 7) is 15.4. The summed E-state index contributed by atoms with van der Waals surface area (Å²) in [6.07, 6.45) is 19.2. The Hall–Kier alpha value is -1.19. The molecule has 2 atom stereocenters. The molecule has 0 amide bonds. The number of allylic oxidation sites excluding steroid dienone is 1. The second kappa shape index (κ2) is 15.4. The Morgan fingerprint density at radius 3 is 1.43 bits per heavy atom. The van der Waals surface area contributed by atoms with E-state index in [1.807, 2.05) is 0 Å². The number of carboxylic acid groups (broad SMARTS) is 1. The first-order valence-corrected chi connectivity index (χ1v) is 20.2. The van der Waals surface area contributed by atoms with E-state index in [-0.39, 0.29) is 27.4 Å². The lowest BCUT2D eigenvalue weighted by molar-refractivity contribution is -0.267. The van der Waals surface area contributed by atoms with E-state index < -0.39 is 11.4 Å². The van der Waals surface area contributed by atoms with Crippen molar-refractivity contribution in [2.45, 2.75) is 154 Å². The van der Waals surface area contributed by atoms with Crippen molar-refractivity contribution in [3.8, 4) is 0 Å². The van der Waals surface area contributed by atoms with Crippen molar-refractivity contribution in [2.24, 2.45) is 27.6 Å². The molecule has 4 aliphatic carbocycles. The molecule has 3 saturated heterocycles. The molecule has 0 aromatic carbocycles. The highest BCUT2D eigenvalue weighted by atomic mass is 16.5. The fourth-order valence-corrected chi connectivity index (χ4v) is 11.0. The van der Waals surface area contributed by atoms with Crippen molar-refractivity contribution >= 4 is 5.97 Å². The van der Waals surface area contributed by atoms with E-state index in [1.165, 1.54) is 51.4 Å². The molecule has 8 nitrogen and oxygen atoms in total. The second-order valence-electron chi connectivity index (χ2n) is 18.0. The quantitative estimate of drug-likeness (QED) is 0.0843. The summed E-state index contributed by atoms with van der Waals surface area (Å²) in [5.41, 5.74) is -0.0427. The van der Waals surface area contributed by atoms with Crippen molar-refractivity contribution in [1.82, 2.24) is 0 Å². The molecule has 0 aromatic rings. The molecule has 4 bridgehead atoms. The topological polar surface area (TPSA) is 92.7 Å². The van der Waals surface area contributed by atoms with Gasteiger partial charge in [0.15, 0.2) is 0 Å². The van der Waals surface area contributed by atoms with Crippen LogP contribution >= 0.6 is 0 Å². The molecule has 49 heavy (non-hydrogen) atoms. The van der Waals surface area contributed by atoms with E-state index in [2.05, 4.69) is 20.8 Å². The molecule has 3 aliphatic heterocycles. The van der Waals surface area contributed by atoms with Crippen LogP contribution in [0.25, 0.3) is 0 Å².